The molecule has 0 amide bonds. The van der Waals surface area contributed by atoms with Crippen molar-refractivity contribution in [2.24, 2.45) is 0 Å². The first-order valence-electron chi connectivity index (χ1n) is 4.93. The molecule has 90 valence electrons. The van der Waals surface area contributed by atoms with E-state index < -0.39 is 5.92 Å². The fourth-order valence-electron chi connectivity index (χ4n) is 1.83. The number of hydrogen-bond donors (Lipinski definition) is 1. The molecule has 5 heteroatoms. The van der Waals surface area contributed by atoms with Gasteiger partial charge in [0.15, 0.2) is 0 Å². The van der Waals surface area contributed by atoms with Gasteiger partial charge in [0.1, 0.15) is 0 Å². The van der Waals surface area contributed by atoms with E-state index in [1.165, 1.54) is 0 Å². The molecule has 2 rings (SSSR count). The van der Waals surface area contributed by atoms with Crippen molar-refractivity contribution in [3.63, 3.8) is 0 Å². The van der Waals surface area contributed by atoms with Crippen LogP contribution in [0, 0.1) is 0 Å². The second-order valence-corrected chi connectivity index (χ2v) is 4.30. The lowest BCUT2D eigenvalue weighted by Crippen LogP contribution is -2.38. The minimum absolute atomic E-state index is 0. The summed E-state index contributed by atoms with van der Waals surface area (Å²) in [4.78, 5) is 0. The van der Waals surface area contributed by atoms with Crippen molar-refractivity contribution in [2.45, 2.75) is 24.8 Å². The van der Waals surface area contributed by atoms with E-state index in [2.05, 4.69) is 5.32 Å². The second kappa shape index (κ2) is 5.30. The first-order valence-corrected chi connectivity index (χ1v) is 5.31. The molecular formula is C11H13Cl2F2N. The molecule has 1 atom stereocenters. The third kappa shape index (κ3) is 3.30. The quantitative estimate of drug-likeness (QED) is 0.816. The van der Waals surface area contributed by atoms with Crippen LogP contribution in [-0.2, 0) is 0 Å². The van der Waals surface area contributed by atoms with Crippen molar-refractivity contribution in [3.05, 3.63) is 34.9 Å². The molecule has 1 saturated heterocycles. The Hall–Kier alpha value is -0.380. The Kier molecular flexibility index (Phi) is 4.53. The topological polar surface area (TPSA) is 12.0 Å². The molecule has 1 nitrogen and oxygen atoms in total. The van der Waals surface area contributed by atoms with Crippen LogP contribution in [0.2, 0.25) is 5.02 Å². The average molecular weight is 268 g/mol. The van der Waals surface area contributed by atoms with Gasteiger partial charge in [-0.3, -0.25) is 0 Å². The zero-order valence-electron chi connectivity index (χ0n) is 8.55. The highest BCUT2D eigenvalue weighted by molar-refractivity contribution is 6.30. The fraction of sp³-hybridized carbons (Fsp3) is 0.455. The predicted molar refractivity (Wildman–Crippen MR) is 63.6 cm³/mol. The van der Waals surface area contributed by atoms with Crippen LogP contribution in [0.3, 0.4) is 0 Å². The molecule has 16 heavy (non-hydrogen) atoms. The predicted octanol–water partition coefficient (Wildman–Crippen LogP) is 3.82. The maximum absolute atomic E-state index is 13.2. The number of hydrogen-bond acceptors (Lipinski definition) is 1. The molecule has 1 unspecified atom stereocenters. The molecule has 1 aromatic rings. The molecule has 1 aliphatic heterocycles. The van der Waals surface area contributed by atoms with Gasteiger partial charge >= 0.3 is 0 Å². The molecule has 1 heterocycles. The summed E-state index contributed by atoms with van der Waals surface area (Å²) in [6.45, 7) is 0.361. The molecule has 1 aliphatic rings. The molecule has 1 N–H and O–H groups in total. The van der Waals surface area contributed by atoms with Crippen molar-refractivity contribution in [1.82, 2.24) is 5.32 Å². The highest BCUT2D eigenvalue weighted by Gasteiger charge is 2.36. The summed E-state index contributed by atoms with van der Waals surface area (Å²) in [6, 6.07) is 6.78. The zero-order chi connectivity index (χ0) is 10.9. The van der Waals surface area contributed by atoms with E-state index in [0.717, 1.165) is 5.56 Å². The van der Waals surface area contributed by atoms with Gasteiger partial charge in [0.05, 0.1) is 0 Å². The summed E-state index contributed by atoms with van der Waals surface area (Å²) in [5.74, 6) is -2.55. The Morgan fingerprint density at radius 2 is 1.88 bits per heavy atom. The third-order valence-corrected chi connectivity index (χ3v) is 2.91. The molecule has 0 spiro atoms. The maximum atomic E-state index is 13.2. The van der Waals surface area contributed by atoms with E-state index in [4.69, 9.17) is 11.6 Å². The summed E-state index contributed by atoms with van der Waals surface area (Å²) >= 11 is 5.74. The van der Waals surface area contributed by atoms with Crippen LogP contribution in [-0.4, -0.2) is 12.5 Å². The Balaban J connectivity index is 0.00000128. The van der Waals surface area contributed by atoms with Gasteiger partial charge in [0.2, 0.25) is 0 Å². The van der Waals surface area contributed by atoms with E-state index in [-0.39, 0.29) is 31.3 Å². The van der Waals surface area contributed by atoms with E-state index in [0.29, 0.717) is 11.6 Å². The fourth-order valence-corrected chi connectivity index (χ4v) is 1.96. The first-order chi connectivity index (χ1) is 7.07. The summed E-state index contributed by atoms with van der Waals surface area (Å²) in [6.07, 6.45) is -0.203. The summed E-state index contributed by atoms with van der Waals surface area (Å²) in [7, 11) is 0. The normalized spacial score (nSPS) is 23.6. The van der Waals surface area contributed by atoms with Gasteiger partial charge < -0.3 is 5.32 Å². The Morgan fingerprint density at radius 3 is 2.44 bits per heavy atom. The number of benzene rings is 1. The number of halogens is 4. The Bertz CT molecular complexity index is 340. The van der Waals surface area contributed by atoms with E-state index in [1.807, 2.05) is 0 Å². The lowest BCUT2D eigenvalue weighted by atomic mass is 9.95. The van der Waals surface area contributed by atoms with Gasteiger partial charge in [-0.2, -0.15) is 0 Å². The van der Waals surface area contributed by atoms with Gasteiger partial charge in [0.25, 0.3) is 5.92 Å². The molecular weight excluding hydrogens is 255 g/mol. The van der Waals surface area contributed by atoms with Gasteiger partial charge in [0, 0.05) is 30.5 Å². The van der Waals surface area contributed by atoms with Crippen LogP contribution in [0.4, 0.5) is 8.78 Å². The van der Waals surface area contributed by atoms with Crippen LogP contribution in [0.1, 0.15) is 24.4 Å². The lowest BCUT2D eigenvalue weighted by molar-refractivity contribution is -0.0415. The van der Waals surface area contributed by atoms with E-state index in [9.17, 15) is 8.78 Å². The number of alkyl halides is 2. The highest BCUT2D eigenvalue weighted by atomic mass is 35.5. The Morgan fingerprint density at radius 1 is 1.25 bits per heavy atom. The van der Waals surface area contributed by atoms with Gasteiger partial charge in [-0.05, 0) is 17.7 Å². The van der Waals surface area contributed by atoms with E-state index >= 15 is 0 Å². The summed E-state index contributed by atoms with van der Waals surface area (Å²) in [5.41, 5.74) is 0.874. The summed E-state index contributed by atoms with van der Waals surface area (Å²) < 4.78 is 26.3. The number of nitrogens with one attached hydrogen (secondary N) is 1. The SMILES string of the molecule is Cl.FC1(F)CCNC(c2ccc(Cl)cc2)C1. The molecule has 0 saturated carbocycles. The standard InChI is InChI=1S/C11H12ClF2N.ClH/c12-9-3-1-8(2-4-9)10-7-11(13,14)5-6-15-10;/h1-4,10,15H,5-7H2;1H. The summed E-state index contributed by atoms with van der Waals surface area (Å²) in [5, 5.41) is 3.71. The maximum Gasteiger partial charge on any atom is 0.251 e. The molecule has 0 radical (unpaired) electrons. The molecule has 1 fully saturated rings. The number of piperidine rings is 1. The van der Waals surface area contributed by atoms with Crippen LogP contribution in [0.15, 0.2) is 24.3 Å². The van der Waals surface area contributed by atoms with Crippen LogP contribution < -0.4 is 5.32 Å². The van der Waals surface area contributed by atoms with Crippen LogP contribution >= 0.6 is 24.0 Å². The number of rotatable bonds is 1. The van der Waals surface area contributed by atoms with Crippen molar-refractivity contribution < 1.29 is 8.78 Å². The Labute approximate surface area is 105 Å². The smallest absolute Gasteiger partial charge is 0.251 e. The van der Waals surface area contributed by atoms with Crippen LogP contribution in [0.25, 0.3) is 0 Å². The van der Waals surface area contributed by atoms with Crippen molar-refractivity contribution in [1.29, 1.82) is 0 Å². The van der Waals surface area contributed by atoms with Crippen molar-refractivity contribution >= 4 is 24.0 Å². The zero-order valence-corrected chi connectivity index (χ0v) is 10.1. The molecule has 0 aliphatic carbocycles. The third-order valence-electron chi connectivity index (χ3n) is 2.66. The van der Waals surface area contributed by atoms with Gasteiger partial charge in [-0.25, -0.2) is 8.78 Å². The largest absolute Gasteiger partial charge is 0.310 e. The minimum Gasteiger partial charge on any atom is -0.310 e. The monoisotopic (exact) mass is 267 g/mol. The second-order valence-electron chi connectivity index (χ2n) is 3.87. The van der Waals surface area contributed by atoms with Crippen molar-refractivity contribution in [3.8, 4) is 0 Å². The van der Waals surface area contributed by atoms with Crippen LogP contribution in [0.5, 0.6) is 0 Å². The van der Waals surface area contributed by atoms with E-state index in [1.54, 1.807) is 24.3 Å². The average Bonchev–Trinajstić information content (AvgIpc) is 2.17. The van der Waals surface area contributed by atoms with Crippen molar-refractivity contribution in [2.75, 3.05) is 6.54 Å². The van der Waals surface area contributed by atoms with Gasteiger partial charge in [-0.1, -0.05) is 23.7 Å². The lowest BCUT2D eigenvalue weighted by Gasteiger charge is -2.30. The van der Waals surface area contributed by atoms with Gasteiger partial charge in [-0.15, -0.1) is 12.4 Å². The minimum atomic E-state index is -2.55. The molecule has 1 aromatic carbocycles. The highest BCUT2D eigenvalue weighted by Crippen LogP contribution is 2.34. The first kappa shape index (κ1) is 13.7. The molecule has 0 aromatic heterocycles. The molecule has 0 bridgehead atoms.